The van der Waals surface area contributed by atoms with Crippen LogP contribution in [0.4, 0.5) is 0 Å². The standard InChI is InChI=1S/C51H32N4O/c1-4-15-33(16-5-1)36-27-29-45-42(31-36)39-21-10-12-25-44(39)55(45)46-30-28-37(38-23-14-24-41-40-22-11-13-26-47(40)56-48(38)41)32-43(46)51-53-49(34-17-6-2-7-18-34)52-50(54-51)35-19-8-3-9-20-35/h1-32H/i1D,10D,15D,16D,21D,25D,29D,31D. The second kappa shape index (κ2) is 13.0. The molecule has 0 aliphatic heterocycles. The Hall–Kier alpha value is -7.63. The summed E-state index contributed by atoms with van der Waals surface area (Å²) in [5, 5.41) is 2.14. The van der Waals surface area contributed by atoms with E-state index in [-0.39, 0.29) is 87.1 Å². The summed E-state index contributed by atoms with van der Waals surface area (Å²) in [5.41, 5.74) is 5.91. The average Bonchev–Trinajstić information content (AvgIpc) is 3.88. The average molecular weight is 725 g/mol. The minimum atomic E-state index is -0.244. The predicted octanol–water partition coefficient (Wildman–Crippen LogP) is 13.2. The molecular formula is C51H32N4O. The van der Waals surface area contributed by atoms with Gasteiger partial charge in [-0.25, -0.2) is 15.0 Å². The van der Waals surface area contributed by atoms with Crippen LogP contribution in [-0.4, -0.2) is 19.5 Å². The normalized spacial score (nSPS) is 13.6. The number of para-hydroxylation sites is 3. The van der Waals surface area contributed by atoms with Gasteiger partial charge in [0.2, 0.25) is 0 Å². The third-order valence-corrected chi connectivity index (χ3v) is 10.0. The van der Waals surface area contributed by atoms with E-state index in [9.17, 15) is 5.48 Å². The van der Waals surface area contributed by atoms with Crippen molar-refractivity contribution < 1.29 is 15.4 Å². The van der Waals surface area contributed by atoms with Gasteiger partial charge in [0.25, 0.3) is 0 Å². The van der Waals surface area contributed by atoms with Gasteiger partial charge in [-0.05, 0) is 53.0 Å². The van der Waals surface area contributed by atoms with Crippen LogP contribution in [-0.2, 0) is 0 Å². The summed E-state index contributed by atoms with van der Waals surface area (Å²) in [6, 6.07) is 42.7. The number of benzene rings is 8. The molecule has 0 N–H and O–H groups in total. The molecule has 0 unspecified atom stereocenters. The highest BCUT2D eigenvalue weighted by Gasteiger charge is 2.22. The third kappa shape index (κ3) is 5.29. The zero-order valence-electron chi connectivity index (χ0n) is 37.6. The van der Waals surface area contributed by atoms with Crippen LogP contribution in [0.3, 0.4) is 0 Å². The number of nitrogens with zero attached hydrogens (tertiary/aromatic N) is 4. The largest absolute Gasteiger partial charge is 0.455 e. The maximum absolute atomic E-state index is 9.69. The van der Waals surface area contributed by atoms with Gasteiger partial charge in [0.1, 0.15) is 11.2 Å². The zero-order valence-corrected chi connectivity index (χ0v) is 29.6. The molecule has 3 heterocycles. The number of fused-ring (bicyclic) bond motifs is 6. The van der Waals surface area contributed by atoms with Gasteiger partial charge in [-0.3, -0.25) is 0 Å². The van der Waals surface area contributed by atoms with E-state index in [0.29, 0.717) is 28.5 Å². The number of hydrogen-bond donors (Lipinski definition) is 0. The molecule has 5 nitrogen and oxygen atoms in total. The van der Waals surface area contributed by atoms with E-state index in [1.807, 2.05) is 121 Å². The van der Waals surface area contributed by atoms with Crippen molar-refractivity contribution in [3.63, 3.8) is 0 Å². The maximum atomic E-state index is 9.69. The highest BCUT2D eigenvalue weighted by molar-refractivity contribution is 6.12. The predicted molar refractivity (Wildman–Crippen MR) is 229 cm³/mol. The van der Waals surface area contributed by atoms with Crippen LogP contribution in [0.1, 0.15) is 11.0 Å². The summed E-state index contributed by atoms with van der Waals surface area (Å²) >= 11 is 0. The molecule has 0 radical (unpaired) electrons. The van der Waals surface area contributed by atoms with Crippen LogP contribution in [0.15, 0.2) is 198 Å². The first-order valence-electron chi connectivity index (χ1n) is 22.1. The molecule has 8 aromatic carbocycles. The van der Waals surface area contributed by atoms with Gasteiger partial charge >= 0.3 is 0 Å². The van der Waals surface area contributed by atoms with Gasteiger partial charge in [0.15, 0.2) is 17.5 Å². The van der Waals surface area contributed by atoms with Gasteiger partial charge in [0.05, 0.1) is 27.7 Å². The Morgan fingerprint density at radius 2 is 1.11 bits per heavy atom. The van der Waals surface area contributed by atoms with E-state index < -0.39 is 0 Å². The van der Waals surface area contributed by atoms with E-state index in [4.69, 9.17) is 24.9 Å². The molecule has 0 spiro atoms. The first-order valence-corrected chi connectivity index (χ1v) is 18.1. The van der Waals surface area contributed by atoms with Crippen molar-refractivity contribution in [3.8, 4) is 62.1 Å². The lowest BCUT2D eigenvalue weighted by molar-refractivity contribution is 0.670. The molecule has 0 bridgehead atoms. The maximum Gasteiger partial charge on any atom is 0.166 e. The van der Waals surface area contributed by atoms with Crippen molar-refractivity contribution in [2.24, 2.45) is 0 Å². The van der Waals surface area contributed by atoms with Gasteiger partial charge in [0, 0.05) is 43.8 Å². The molecule has 5 heteroatoms. The molecule has 3 aromatic heterocycles. The van der Waals surface area contributed by atoms with E-state index in [1.165, 1.54) is 24.3 Å². The van der Waals surface area contributed by atoms with Gasteiger partial charge in [-0.1, -0.05) is 158 Å². The van der Waals surface area contributed by atoms with Crippen molar-refractivity contribution in [1.29, 1.82) is 0 Å². The summed E-state index contributed by atoms with van der Waals surface area (Å²) in [6.07, 6.45) is 0. The first-order chi connectivity index (χ1) is 31.0. The summed E-state index contributed by atoms with van der Waals surface area (Å²) in [4.78, 5) is 15.2. The zero-order chi connectivity index (χ0) is 44.0. The molecule has 0 saturated carbocycles. The molecule has 11 rings (SSSR count). The van der Waals surface area contributed by atoms with Crippen LogP contribution in [0, 0.1) is 0 Å². The SMILES string of the molecule is [2H]c1cc([2H])c(-c2cc([2H])c3c(c2[2H])c2c([2H])c([2H])cc([2H])c2n3-c2ccc(-c3cccc4c3oc3ccccc34)cc2-c2nc(-c3ccccc3)nc(-c3ccccc3)n2)c([2H])c1. The van der Waals surface area contributed by atoms with Crippen molar-refractivity contribution in [3.05, 3.63) is 194 Å². The van der Waals surface area contributed by atoms with Crippen LogP contribution in [0.2, 0.25) is 0 Å². The molecule has 0 aliphatic rings. The third-order valence-electron chi connectivity index (χ3n) is 10.0. The van der Waals surface area contributed by atoms with Gasteiger partial charge < -0.3 is 8.98 Å². The molecular weight excluding hydrogens is 685 g/mol. The molecule has 11 aromatic rings. The Labute approximate surface area is 334 Å². The fraction of sp³-hybridized carbons (Fsp3) is 0. The van der Waals surface area contributed by atoms with Crippen molar-refractivity contribution in [2.75, 3.05) is 0 Å². The lowest BCUT2D eigenvalue weighted by atomic mass is 9.98. The fourth-order valence-corrected chi connectivity index (χ4v) is 7.44. The first kappa shape index (κ1) is 24.6. The molecule has 0 fully saturated rings. The topological polar surface area (TPSA) is 56.7 Å². The molecule has 0 aliphatic carbocycles. The van der Waals surface area contributed by atoms with Crippen molar-refractivity contribution in [1.82, 2.24) is 19.5 Å². The second-order valence-electron chi connectivity index (χ2n) is 13.3. The summed E-state index contributed by atoms with van der Waals surface area (Å²) in [7, 11) is 0. The lowest BCUT2D eigenvalue weighted by Gasteiger charge is -2.16. The molecule has 0 atom stereocenters. The molecule has 0 saturated heterocycles. The Morgan fingerprint density at radius 1 is 0.429 bits per heavy atom. The summed E-state index contributed by atoms with van der Waals surface area (Å²) in [6.45, 7) is 0. The van der Waals surface area contributed by atoms with Gasteiger partial charge in [-0.2, -0.15) is 0 Å². The Balaban J connectivity index is 1.28. The number of furan rings is 1. The number of hydrogen-bond acceptors (Lipinski definition) is 4. The quantitative estimate of drug-likeness (QED) is 0.171. The molecule has 262 valence electrons. The van der Waals surface area contributed by atoms with Crippen molar-refractivity contribution in [2.45, 2.75) is 0 Å². The summed E-state index contributed by atoms with van der Waals surface area (Å²) < 4.78 is 80.4. The van der Waals surface area contributed by atoms with Gasteiger partial charge in [-0.15, -0.1) is 0 Å². The van der Waals surface area contributed by atoms with E-state index >= 15 is 0 Å². The van der Waals surface area contributed by atoms with E-state index in [0.717, 1.165) is 38.6 Å². The number of aromatic nitrogens is 4. The molecule has 0 amide bonds. The van der Waals surface area contributed by atoms with Crippen LogP contribution < -0.4 is 0 Å². The second-order valence-corrected chi connectivity index (χ2v) is 13.3. The highest BCUT2D eigenvalue weighted by Crippen LogP contribution is 2.41. The van der Waals surface area contributed by atoms with Crippen molar-refractivity contribution >= 4 is 43.7 Å². The minimum absolute atomic E-state index is 0.0306. The fourth-order valence-electron chi connectivity index (χ4n) is 7.44. The molecule has 56 heavy (non-hydrogen) atoms. The highest BCUT2D eigenvalue weighted by atomic mass is 16.3. The number of rotatable bonds is 6. The minimum Gasteiger partial charge on any atom is -0.455 e. The Morgan fingerprint density at radius 3 is 1.89 bits per heavy atom. The Kier molecular flexibility index (Phi) is 5.74. The van der Waals surface area contributed by atoms with E-state index in [2.05, 4.69) is 0 Å². The summed E-state index contributed by atoms with van der Waals surface area (Å²) in [5.74, 6) is 1.09. The van der Waals surface area contributed by atoms with Crippen LogP contribution in [0.25, 0.3) is 106 Å². The lowest BCUT2D eigenvalue weighted by Crippen LogP contribution is -2.04. The van der Waals surface area contributed by atoms with E-state index in [1.54, 1.807) is 4.57 Å². The Bertz CT molecular complexity index is 3640. The van der Waals surface area contributed by atoms with Crippen LogP contribution >= 0.6 is 0 Å². The smallest absolute Gasteiger partial charge is 0.166 e. The van der Waals surface area contributed by atoms with Crippen LogP contribution in [0.5, 0.6) is 0 Å². The monoisotopic (exact) mass is 724 g/mol.